The molecular weight excluding hydrogens is 380 g/mol. The molecule has 166 valence electrons. The largest absolute Gasteiger partial charge is 0.369 e. The van der Waals surface area contributed by atoms with Crippen LogP contribution < -0.4 is 9.80 Å². The Labute approximate surface area is 180 Å². The normalized spacial score (nSPS) is 17.7. The first-order chi connectivity index (χ1) is 14.5. The molecule has 3 heterocycles. The summed E-state index contributed by atoms with van der Waals surface area (Å²) >= 11 is 0. The van der Waals surface area contributed by atoms with Crippen molar-refractivity contribution < 1.29 is 9.59 Å². The van der Waals surface area contributed by atoms with Crippen LogP contribution in [-0.2, 0) is 9.59 Å². The van der Waals surface area contributed by atoms with Crippen LogP contribution in [0.3, 0.4) is 0 Å². The van der Waals surface area contributed by atoms with Gasteiger partial charge in [0.1, 0.15) is 0 Å². The van der Waals surface area contributed by atoms with Crippen molar-refractivity contribution in [2.75, 3.05) is 62.7 Å². The molecule has 1 aromatic heterocycles. The van der Waals surface area contributed by atoms with Crippen LogP contribution in [0, 0.1) is 5.92 Å². The Kier molecular flexibility index (Phi) is 7.87. The molecular formula is C22H36N6O2. The van der Waals surface area contributed by atoms with Gasteiger partial charge in [-0.2, -0.15) is 0 Å². The molecule has 2 aliphatic heterocycles. The van der Waals surface area contributed by atoms with Gasteiger partial charge in [0, 0.05) is 52.2 Å². The maximum atomic E-state index is 12.8. The molecule has 0 aliphatic carbocycles. The van der Waals surface area contributed by atoms with E-state index in [9.17, 15) is 9.59 Å². The van der Waals surface area contributed by atoms with Crippen molar-refractivity contribution >= 4 is 23.5 Å². The minimum Gasteiger partial charge on any atom is -0.369 e. The fourth-order valence-electron chi connectivity index (χ4n) is 4.39. The van der Waals surface area contributed by atoms with Gasteiger partial charge in [-0.05, 0) is 46.0 Å². The Balaban J connectivity index is 1.49. The van der Waals surface area contributed by atoms with Crippen molar-refractivity contribution in [3.63, 3.8) is 0 Å². The fourth-order valence-corrected chi connectivity index (χ4v) is 4.39. The molecule has 1 aromatic rings. The Morgan fingerprint density at radius 3 is 2.13 bits per heavy atom. The number of hydrogen-bond acceptors (Lipinski definition) is 6. The zero-order chi connectivity index (χ0) is 21.5. The number of carbonyl (C=O) groups is 2. The minimum atomic E-state index is -0.0238. The van der Waals surface area contributed by atoms with Crippen molar-refractivity contribution in [3.8, 4) is 0 Å². The third-order valence-corrected chi connectivity index (χ3v) is 6.34. The Hall–Kier alpha value is -2.38. The number of amides is 2. The maximum absolute atomic E-state index is 12.8. The third kappa shape index (κ3) is 5.40. The Morgan fingerprint density at radius 1 is 0.967 bits per heavy atom. The number of piperidine rings is 2. The first-order valence-corrected chi connectivity index (χ1v) is 11.4. The summed E-state index contributed by atoms with van der Waals surface area (Å²) in [5.41, 5.74) is 1.02. The van der Waals surface area contributed by atoms with Crippen LogP contribution in [0.25, 0.3) is 0 Å². The number of rotatable bonds is 7. The van der Waals surface area contributed by atoms with E-state index < -0.39 is 0 Å². The second kappa shape index (κ2) is 10.6. The molecule has 0 saturated carbocycles. The molecule has 2 amide bonds. The molecule has 2 aliphatic rings. The number of nitrogens with zero attached hydrogens (tertiary/aromatic N) is 6. The van der Waals surface area contributed by atoms with Crippen LogP contribution in [0.2, 0.25) is 0 Å². The Morgan fingerprint density at radius 2 is 1.57 bits per heavy atom. The molecule has 8 nitrogen and oxygen atoms in total. The maximum Gasteiger partial charge on any atom is 0.242 e. The molecule has 8 heteroatoms. The summed E-state index contributed by atoms with van der Waals surface area (Å²) in [4.78, 5) is 42.1. The predicted octanol–water partition coefficient (Wildman–Crippen LogP) is 2.01. The van der Waals surface area contributed by atoms with Gasteiger partial charge < -0.3 is 19.6 Å². The number of carbonyl (C=O) groups excluding carboxylic acids is 2. The lowest BCUT2D eigenvalue weighted by atomic mass is 9.95. The molecule has 3 rings (SSSR count). The summed E-state index contributed by atoms with van der Waals surface area (Å²) in [7, 11) is 1.74. The van der Waals surface area contributed by atoms with E-state index in [0.29, 0.717) is 13.1 Å². The highest BCUT2D eigenvalue weighted by atomic mass is 16.2. The molecule has 30 heavy (non-hydrogen) atoms. The summed E-state index contributed by atoms with van der Waals surface area (Å²) in [6.07, 6.45) is 9.11. The monoisotopic (exact) mass is 416 g/mol. The number of hydrogen-bond donors (Lipinski definition) is 0. The summed E-state index contributed by atoms with van der Waals surface area (Å²) in [6, 6.07) is 0. The standard InChI is InChI=1S/C22H36N6O2/c1-4-26(5-2)20(29)17-25(3)21(30)18-9-13-27(14-10-18)19-15-23-22(24-16-19)28-11-7-6-8-12-28/h15-16,18H,4-14,17H2,1-3H3. The lowest BCUT2D eigenvalue weighted by Gasteiger charge is -2.34. The molecule has 0 N–H and O–H groups in total. The summed E-state index contributed by atoms with van der Waals surface area (Å²) in [6.45, 7) is 9.12. The van der Waals surface area contributed by atoms with Gasteiger partial charge in [-0.1, -0.05) is 0 Å². The quantitative estimate of drug-likeness (QED) is 0.677. The van der Waals surface area contributed by atoms with Crippen molar-refractivity contribution in [2.24, 2.45) is 5.92 Å². The summed E-state index contributed by atoms with van der Waals surface area (Å²) < 4.78 is 0. The topological polar surface area (TPSA) is 72.9 Å². The van der Waals surface area contributed by atoms with Crippen molar-refractivity contribution in [2.45, 2.75) is 46.0 Å². The van der Waals surface area contributed by atoms with Gasteiger partial charge in [0.25, 0.3) is 0 Å². The van der Waals surface area contributed by atoms with Gasteiger partial charge in [-0.25, -0.2) is 9.97 Å². The minimum absolute atomic E-state index is 0.0132. The highest BCUT2D eigenvalue weighted by molar-refractivity contribution is 5.86. The average Bonchev–Trinajstić information content (AvgIpc) is 2.80. The van der Waals surface area contributed by atoms with Gasteiger partial charge >= 0.3 is 0 Å². The van der Waals surface area contributed by atoms with Crippen LogP contribution in [0.4, 0.5) is 11.6 Å². The van der Waals surface area contributed by atoms with E-state index in [0.717, 1.165) is 50.7 Å². The van der Waals surface area contributed by atoms with Gasteiger partial charge in [0.15, 0.2) is 0 Å². The fraction of sp³-hybridized carbons (Fsp3) is 0.727. The predicted molar refractivity (Wildman–Crippen MR) is 119 cm³/mol. The van der Waals surface area contributed by atoms with Crippen molar-refractivity contribution in [1.29, 1.82) is 0 Å². The molecule has 0 spiro atoms. The van der Waals surface area contributed by atoms with Crippen LogP contribution in [0.5, 0.6) is 0 Å². The number of aromatic nitrogens is 2. The molecule has 2 fully saturated rings. The second-order valence-corrected chi connectivity index (χ2v) is 8.31. The van der Waals surface area contributed by atoms with Gasteiger partial charge in [-0.15, -0.1) is 0 Å². The SMILES string of the molecule is CCN(CC)C(=O)CN(C)C(=O)C1CCN(c2cnc(N3CCCCC3)nc2)CC1. The van der Waals surface area contributed by atoms with Crippen molar-refractivity contribution in [3.05, 3.63) is 12.4 Å². The van der Waals surface area contributed by atoms with E-state index in [1.807, 2.05) is 26.2 Å². The van der Waals surface area contributed by atoms with E-state index in [1.54, 1.807) is 16.8 Å². The molecule has 0 bridgehead atoms. The van der Waals surface area contributed by atoms with E-state index in [1.165, 1.54) is 19.3 Å². The molecule has 0 atom stereocenters. The molecule has 0 unspecified atom stereocenters. The lowest BCUT2D eigenvalue weighted by Crippen LogP contribution is -2.45. The average molecular weight is 417 g/mol. The van der Waals surface area contributed by atoms with Crippen LogP contribution in [-0.4, -0.2) is 84.4 Å². The molecule has 0 aromatic carbocycles. The van der Waals surface area contributed by atoms with E-state index in [4.69, 9.17) is 0 Å². The number of anilines is 2. The summed E-state index contributed by atoms with van der Waals surface area (Å²) in [5, 5.41) is 0. The molecule has 2 saturated heterocycles. The van der Waals surface area contributed by atoms with E-state index in [2.05, 4.69) is 19.8 Å². The van der Waals surface area contributed by atoms with E-state index >= 15 is 0 Å². The lowest BCUT2D eigenvalue weighted by molar-refractivity contribution is -0.141. The highest BCUT2D eigenvalue weighted by Gasteiger charge is 2.29. The Bertz CT molecular complexity index is 692. The van der Waals surface area contributed by atoms with Crippen LogP contribution in [0.15, 0.2) is 12.4 Å². The van der Waals surface area contributed by atoms with Gasteiger partial charge in [0.05, 0.1) is 24.6 Å². The first-order valence-electron chi connectivity index (χ1n) is 11.4. The number of likely N-dealkylation sites (N-methyl/N-ethyl adjacent to an activating group) is 2. The summed E-state index contributed by atoms with van der Waals surface area (Å²) in [5.74, 6) is 0.887. The van der Waals surface area contributed by atoms with Gasteiger partial charge in [0.2, 0.25) is 17.8 Å². The zero-order valence-electron chi connectivity index (χ0n) is 18.7. The molecule has 0 radical (unpaired) electrons. The zero-order valence-corrected chi connectivity index (χ0v) is 18.7. The van der Waals surface area contributed by atoms with Crippen LogP contribution >= 0.6 is 0 Å². The van der Waals surface area contributed by atoms with E-state index in [-0.39, 0.29) is 24.3 Å². The second-order valence-electron chi connectivity index (χ2n) is 8.31. The highest BCUT2D eigenvalue weighted by Crippen LogP contribution is 2.25. The van der Waals surface area contributed by atoms with Crippen LogP contribution in [0.1, 0.15) is 46.0 Å². The smallest absolute Gasteiger partial charge is 0.242 e. The van der Waals surface area contributed by atoms with Crippen molar-refractivity contribution in [1.82, 2.24) is 19.8 Å². The first kappa shape index (κ1) is 22.3. The third-order valence-electron chi connectivity index (χ3n) is 6.34. The van der Waals surface area contributed by atoms with Gasteiger partial charge in [-0.3, -0.25) is 9.59 Å².